The van der Waals surface area contributed by atoms with Gasteiger partial charge in [0, 0.05) is 16.6 Å². The van der Waals surface area contributed by atoms with Crippen LogP contribution in [0.2, 0.25) is 0 Å². The molecule has 1 aliphatic rings. The predicted octanol–water partition coefficient (Wildman–Crippen LogP) is 5.30. The van der Waals surface area contributed by atoms with Gasteiger partial charge >= 0.3 is 6.09 Å². The molecule has 1 fully saturated rings. The van der Waals surface area contributed by atoms with Gasteiger partial charge in [0.05, 0.1) is 17.9 Å². The van der Waals surface area contributed by atoms with Gasteiger partial charge in [0.25, 0.3) is 0 Å². The quantitative estimate of drug-likeness (QED) is 0.736. The summed E-state index contributed by atoms with van der Waals surface area (Å²) in [6.45, 7) is 6.37. The summed E-state index contributed by atoms with van der Waals surface area (Å²) < 4.78 is 6.60. The number of halogens is 1. The van der Waals surface area contributed by atoms with Gasteiger partial charge in [-0.1, -0.05) is 28.1 Å². The summed E-state index contributed by atoms with van der Waals surface area (Å²) in [4.78, 5) is 22.3. The Bertz CT molecular complexity index is 751. The van der Waals surface area contributed by atoms with E-state index in [-0.39, 0.29) is 12.1 Å². The van der Waals surface area contributed by atoms with Gasteiger partial charge in [-0.3, -0.25) is 4.90 Å². The summed E-state index contributed by atoms with van der Waals surface area (Å²) in [6.07, 6.45) is 4.53. The average Bonchev–Trinajstić information content (AvgIpc) is 3.03. The first kappa shape index (κ1) is 18.0. The van der Waals surface area contributed by atoms with Gasteiger partial charge in [0.1, 0.15) is 11.4 Å². The summed E-state index contributed by atoms with van der Waals surface area (Å²) in [6, 6.07) is 8.00. The van der Waals surface area contributed by atoms with Crippen LogP contribution in [0.5, 0.6) is 0 Å². The number of piperidine rings is 1. The number of aromatic nitrogens is 2. The second-order valence-corrected chi connectivity index (χ2v) is 8.29. The van der Waals surface area contributed by atoms with Crippen LogP contribution in [-0.4, -0.2) is 33.1 Å². The smallest absolute Gasteiger partial charge is 0.410 e. The number of benzene rings is 1. The number of ether oxygens (including phenoxy) is 1. The Labute approximate surface area is 156 Å². The predicted molar refractivity (Wildman–Crippen MR) is 101 cm³/mol. The van der Waals surface area contributed by atoms with E-state index in [2.05, 4.69) is 25.9 Å². The van der Waals surface area contributed by atoms with Crippen molar-refractivity contribution in [3.05, 3.63) is 40.8 Å². The zero-order valence-electron chi connectivity index (χ0n) is 14.9. The van der Waals surface area contributed by atoms with Crippen LogP contribution >= 0.6 is 15.9 Å². The van der Waals surface area contributed by atoms with Gasteiger partial charge < -0.3 is 9.72 Å². The van der Waals surface area contributed by atoms with E-state index in [1.807, 2.05) is 51.2 Å². The monoisotopic (exact) mass is 405 g/mol. The van der Waals surface area contributed by atoms with Crippen LogP contribution in [0, 0.1) is 0 Å². The fraction of sp³-hybridized carbons (Fsp3) is 0.474. The van der Waals surface area contributed by atoms with Crippen molar-refractivity contribution in [2.24, 2.45) is 0 Å². The summed E-state index contributed by atoms with van der Waals surface area (Å²) in [7, 11) is 0. The Balaban J connectivity index is 1.82. The number of nitrogens with zero attached hydrogens (tertiary/aromatic N) is 2. The lowest BCUT2D eigenvalue weighted by Gasteiger charge is -2.35. The number of aromatic amines is 1. The molecule has 0 unspecified atom stereocenters. The summed E-state index contributed by atoms with van der Waals surface area (Å²) in [5.74, 6) is 0.820. The first-order chi connectivity index (χ1) is 11.8. The van der Waals surface area contributed by atoms with Gasteiger partial charge in [0.2, 0.25) is 0 Å². The molecule has 3 rings (SSSR count). The largest absolute Gasteiger partial charge is 0.444 e. The average molecular weight is 406 g/mol. The molecule has 0 radical (unpaired) electrons. The van der Waals surface area contributed by atoms with Crippen LogP contribution in [-0.2, 0) is 4.74 Å². The second kappa shape index (κ2) is 7.20. The van der Waals surface area contributed by atoms with E-state index in [9.17, 15) is 4.79 Å². The van der Waals surface area contributed by atoms with Gasteiger partial charge in [-0.05, 0) is 52.2 Å². The minimum absolute atomic E-state index is 0.0653. The van der Waals surface area contributed by atoms with Crippen LogP contribution in [0.4, 0.5) is 4.79 Å². The van der Waals surface area contributed by atoms with Crippen LogP contribution < -0.4 is 0 Å². The van der Waals surface area contributed by atoms with E-state index < -0.39 is 5.60 Å². The Morgan fingerprint density at radius 2 is 2.16 bits per heavy atom. The molecular formula is C19H24BrN3O2. The maximum atomic E-state index is 12.6. The maximum Gasteiger partial charge on any atom is 0.410 e. The van der Waals surface area contributed by atoms with Crippen molar-refractivity contribution in [2.45, 2.75) is 51.7 Å². The van der Waals surface area contributed by atoms with E-state index in [4.69, 9.17) is 4.74 Å². The zero-order valence-corrected chi connectivity index (χ0v) is 16.5. The molecule has 0 saturated carbocycles. The van der Waals surface area contributed by atoms with Crippen molar-refractivity contribution < 1.29 is 9.53 Å². The number of nitrogens with one attached hydrogen (secondary N) is 1. The molecule has 2 aromatic rings. The lowest BCUT2D eigenvalue weighted by Crippen LogP contribution is -2.42. The number of hydrogen-bond acceptors (Lipinski definition) is 3. The molecule has 1 N–H and O–H groups in total. The molecule has 1 aromatic carbocycles. The van der Waals surface area contributed by atoms with Crippen LogP contribution in [0.15, 0.2) is 34.9 Å². The molecule has 2 heterocycles. The van der Waals surface area contributed by atoms with Gasteiger partial charge in [-0.2, -0.15) is 0 Å². The second-order valence-electron chi connectivity index (χ2n) is 7.38. The van der Waals surface area contributed by atoms with Gasteiger partial charge in [-0.15, -0.1) is 0 Å². The fourth-order valence-electron chi connectivity index (χ4n) is 3.06. The fourth-order valence-corrected chi connectivity index (χ4v) is 3.46. The summed E-state index contributed by atoms with van der Waals surface area (Å²) >= 11 is 3.50. The topological polar surface area (TPSA) is 58.2 Å². The van der Waals surface area contributed by atoms with E-state index in [0.29, 0.717) is 6.54 Å². The number of imidazole rings is 1. The molecule has 0 spiro atoms. The number of likely N-dealkylation sites (tertiary alicyclic amines) is 1. The zero-order chi connectivity index (χ0) is 18.0. The normalized spacial score (nSPS) is 18.2. The van der Waals surface area contributed by atoms with E-state index >= 15 is 0 Å². The highest BCUT2D eigenvalue weighted by Gasteiger charge is 2.33. The first-order valence-corrected chi connectivity index (χ1v) is 9.43. The third-order valence-corrected chi connectivity index (χ3v) is 4.67. The molecule has 1 saturated heterocycles. The van der Waals surface area contributed by atoms with E-state index in [0.717, 1.165) is 40.8 Å². The highest BCUT2D eigenvalue weighted by Crippen LogP contribution is 2.32. The van der Waals surface area contributed by atoms with Crippen molar-refractivity contribution in [1.82, 2.24) is 14.9 Å². The van der Waals surface area contributed by atoms with Crippen LogP contribution in [0.1, 0.15) is 51.9 Å². The van der Waals surface area contributed by atoms with E-state index in [1.165, 1.54) is 0 Å². The minimum atomic E-state index is -0.496. The van der Waals surface area contributed by atoms with Gasteiger partial charge in [0.15, 0.2) is 0 Å². The standard InChI is InChI=1S/C19H24BrN3O2/c1-19(2,3)25-18(24)23-10-5-4-9-16(23)17-21-12-15(22-17)13-7-6-8-14(20)11-13/h6-8,11-12,16H,4-5,9-10H2,1-3H3,(H,21,22)/t16-/m0/s1. The molecule has 1 aliphatic heterocycles. The number of H-pyrrole nitrogens is 1. The molecule has 6 heteroatoms. The Hall–Kier alpha value is -1.82. The molecule has 1 amide bonds. The minimum Gasteiger partial charge on any atom is -0.444 e. The van der Waals surface area contributed by atoms with Crippen molar-refractivity contribution in [2.75, 3.05) is 6.54 Å². The molecule has 0 aliphatic carbocycles. The van der Waals surface area contributed by atoms with Crippen LogP contribution in [0.25, 0.3) is 11.3 Å². The third kappa shape index (κ3) is 4.42. The lowest BCUT2D eigenvalue weighted by atomic mass is 10.0. The number of carbonyl (C=O) groups is 1. The van der Waals surface area contributed by atoms with Crippen molar-refractivity contribution in [1.29, 1.82) is 0 Å². The van der Waals surface area contributed by atoms with Crippen LogP contribution in [0.3, 0.4) is 0 Å². The molecule has 1 atom stereocenters. The third-order valence-electron chi connectivity index (χ3n) is 4.18. The highest BCUT2D eigenvalue weighted by molar-refractivity contribution is 9.10. The van der Waals surface area contributed by atoms with Crippen molar-refractivity contribution in [3.8, 4) is 11.3 Å². The number of amides is 1. The van der Waals surface area contributed by atoms with E-state index in [1.54, 1.807) is 4.90 Å². The Kier molecular flexibility index (Phi) is 5.18. The molecule has 0 bridgehead atoms. The molecule has 1 aromatic heterocycles. The lowest BCUT2D eigenvalue weighted by molar-refractivity contribution is 0.00854. The molecular weight excluding hydrogens is 382 g/mol. The number of rotatable bonds is 2. The number of carbonyl (C=O) groups excluding carboxylic acids is 1. The maximum absolute atomic E-state index is 12.6. The Morgan fingerprint density at radius 3 is 2.88 bits per heavy atom. The summed E-state index contributed by atoms with van der Waals surface area (Å²) in [5, 5.41) is 0. The molecule has 134 valence electrons. The first-order valence-electron chi connectivity index (χ1n) is 8.64. The van der Waals surface area contributed by atoms with Gasteiger partial charge in [-0.25, -0.2) is 9.78 Å². The molecule has 25 heavy (non-hydrogen) atoms. The summed E-state index contributed by atoms with van der Waals surface area (Å²) in [5.41, 5.74) is 1.52. The Morgan fingerprint density at radius 1 is 1.36 bits per heavy atom. The van der Waals surface area contributed by atoms with Crippen molar-refractivity contribution >= 4 is 22.0 Å². The molecule has 5 nitrogen and oxygen atoms in total. The highest BCUT2D eigenvalue weighted by atomic mass is 79.9. The SMILES string of the molecule is CC(C)(C)OC(=O)N1CCCC[C@H]1c1ncc(-c2cccc(Br)c2)[nH]1. The van der Waals surface area contributed by atoms with Crippen molar-refractivity contribution in [3.63, 3.8) is 0 Å². The number of hydrogen-bond donors (Lipinski definition) is 1.